The van der Waals surface area contributed by atoms with Gasteiger partial charge in [-0.25, -0.2) is 0 Å². The molecule has 1 fully saturated rings. The molecule has 4 heteroatoms. The highest BCUT2D eigenvalue weighted by Gasteiger charge is 2.21. The molecule has 1 aliphatic heterocycles. The van der Waals surface area contributed by atoms with Crippen LogP contribution >= 0.6 is 0 Å². The Bertz CT molecular complexity index is 320. The summed E-state index contributed by atoms with van der Waals surface area (Å²) >= 11 is 0. The number of rotatable bonds is 4. The average molecular weight is 221 g/mol. The molecule has 2 atom stereocenters. The summed E-state index contributed by atoms with van der Waals surface area (Å²) in [6.07, 6.45) is 4.80. The lowest BCUT2D eigenvalue weighted by Gasteiger charge is -2.18. The molecule has 0 radical (unpaired) electrons. The van der Waals surface area contributed by atoms with Gasteiger partial charge in [0.05, 0.1) is 18.0 Å². The van der Waals surface area contributed by atoms with Crippen LogP contribution < -0.4 is 5.32 Å². The highest BCUT2D eigenvalue weighted by atomic mass is 16.5. The van der Waals surface area contributed by atoms with Gasteiger partial charge in [0.2, 0.25) is 0 Å². The second-order valence-corrected chi connectivity index (χ2v) is 4.44. The van der Waals surface area contributed by atoms with E-state index >= 15 is 0 Å². The summed E-state index contributed by atoms with van der Waals surface area (Å²) < 4.78 is 5.38. The van der Waals surface area contributed by atoms with Crippen LogP contribution in [0.2, 0.25) is 0 Å². The topological polar surface area (TPSA) is 47.0 Å². The van der Waals surface area contributed by atoms with Crippen molar-refractivity contribution in [2.45, 2.75) is 32.9 Å². The molecular weight excluding hydrogens is 202 g/mol. The van der Waals surface area contributed by atoms with Crippen LogP contribution in [0.5, 0.6) is 0 Å². The van der Waals surface area contributed by atoms with Crippen LogP contribution in [-0.4, -0.2) is 29.2 Å². The van der Waals surface area contributed by atoms with Crippen molar-refractivity contribution in [2.24, 2.45) is 5.92 Å². The van der Waals surface area contributed by atoms with E-state index in [1.54, 1.807) is 6.20 Å². The molecule has 1 aromatic heterocycles. The molecule has 1 saturated heterocycles. The number of nitrogens with zero attached hydrogens (tertiary/aromatic N) is 2. The van der Waals surface area contributed by atoms with Gasteiger partial charge in [-0.3, -0.25) is 9.97 Å². The van der Waals surface area contributed by atoms with Crippen LogP contribution in [0.4, 0.5) is 0 Å². The summed E-state index contributed by atoms with van der Waals surface area (Å²) in [4.78, 5) is 8.55. The fourth-order valence-electron chi connectivity index (χ4n) is 1.89. The van der Waals surface area contributed by atoms with Gasteiger partial charge < -0.3 is 10.1 Å². The van der Waals surface area contributed by atoms with Crippen molar-refractivity contribution in [2.75, 3.05) is 13.2 Å². The maximum absolute atomic E-state index is 5.38. The fourth-order valence-corrected chi connectivity index (χ4v) is 1.89. The summed E-state index contributed by atoms with van der Waals surface area (Å²) in [5.41, 5.74) is 1.96. The molecular formula is C12H19N3O. The molecule has 1 aromatic rings. The normalized spacial score (nSPS) is 22.2. The van der Waals surface area contributed by atoms with Gasteiger partial charge in [-0.1, -0.05) is 0 Å². The van der Waals surface area contributed by atoms with Gasteiger partial charge in [-0.2, -0.15) is 0 Å². The first-order valence-corrected chi connectivity index (χ1v) is 5.84. The second-order valence-electron chi connectivity index (χ2n) is 4.44. The van der Waals surface area contributed by atoms with Crippen molar-refractivity contribution in [1.82, 2.24) is 15.3 Å². The fraction of sp³-hybridized carbons (Fsp3) is 0.667. The first-order chi connectivity index (χ1) is 7.75. The zero-order valence-corrected chi connectivity index (χ0v) is 9.94. The maximum Gasteiger partial charge on any atom is 0.0724 e. The lowest BCUT2D eigenvalue weighted by atomic mass is 10.0. The Kier molecular flexibility index (Phi) is 3.85. The Morgan fingerprint density at radius 2 is 2.38 bits per heavy atom. The number of aryl methyl sites for hydroxylation is 1. The van der Waals surface area contributed by atoms with Crippen molar-refractivity contribution in [3.63, 3.8) is 0 Å². The number of nitrogens with one attached hydrogen (secondary N) is 1. The lowest BCUT2D eigenvalue weighted by Crippen LogP contribution is -2.33. The Labute approximate surface area is 96.4 Å². The molecule has 0 amide bonds. The van der Waals surface area contributed by atoms with E-state index in [1.807, 2.05) is 13.1 Å². The van der Waals surface area contributed by atoms with Crippen LogP contribution in [0.3, 0.4) is 0 Å². The van der Waals surface area contributed by atoms with Crippen LogP contribution in [0.15, 0.2) is 12.4 Å². The van der Waals surface area contributed by atoms with Crippen LogP contribution in [0.1, 0.15) is 24.7 Å². The van der Waals surface area contributed by atoms with Gasteiger partial charge in [-0.15, -0.1) is 0 Å². The monoisotopic (exact) mass is 221 g/mol. The van der Waals surface area contributed by atoms with E-state index in [0.717, 1.165) is 37.6 Å². The molecule has 16 heavy (non-hydrogen) atoms. The predicted molar refractivity (Wildman–Crippen MR) is 62.0 cm³/mol. The Morgan fingerprint density at radius 3 is 3.00 bits per heavy atom. The van der Waals surface area contributed by atoms with Crippen molar-refractivity contribution < 1.29 is 4.74 Å². The Hall–Kier alpha value is -1.00. The molecule has 0 spiro atoms. The highest BCUT2D eigenvalue weighted by molar-refractivity contribution is 5.00. The quantitative estimate of drug-likeness (QED) is 0.832. The number of aromatic nitrogens is 2. The highest BCUT2D eigenvalue weighted by Crippen LogP contribution is 2.16. The maximum atomic E-state index is 5.38. The molecule has 0 bridgehead atoms. The SMILES string of the molecule is Cc1cnc(CNC(C)C2CCOC2)cn1. The number of hydrogen-bond acceptors (Lipinski definition) is 4. The molecule has 2 unspecified atom stereocenters. The van der Waals surface area contributed by atoms with E-state index in [0.29, 0.717) is 12.0 Å². The third-order valence-electron chi connectivity index (χ3n) is 3.11. The lowest BCUT2D eigenvalue weighted by molar-refractivity contribution is 0.178. The third kappa shape index (κ3) is 3.00. The molecule has 0 aromatic carbocycles. The summed E-state index contributed by atoms with van der Waals surface area (Å²) in [6.45, 7) is 6.73. The first kappa shape index (κ1) is 11.5. The van der Waals surface area contributed by atoms with Gasteiger partial charge in [-0.05, 0) is 26.2 Å². The van der Waals surface area contributed by atoms with E-state index in [2.05, 4.69) is 22.2 Å². The number of ether oxygens (including phenoxy) is 1. The van der Waals surface area contributed by atoms with E-state index in [1.165, 1.54) is 0 Å². The van der Waals surface area contributed by atoms with Crippen molar-refractivity contribution in [3.05, 3.63) is 23.8 Å². The summed E-state index contributed by atoms with van der Waals surface area (Å²) in [6, 6.07) is 0.477. The molecule has 2 rings (SSSR count). The van der Waals surface area contributed by atoms with Gasteiger partial charge in [0, 0.05) is 31.6 Å². The molecule has 0 aliphatic carbocycles. The third-order valence-corrected chi connectivity index (χ3v) is 3.11. The Morgan fingerprint density at radius 1 is 1.50 bits per heavy atom. The summed E-state index contributed by atoms with van der Waals surface area (Å²) in [7, 11) is 0. The van der Waals surface area contributed by atoms with Crippen LogP contribution in [0, 0.1) is 12.8 Å². The molecule has 4 nitrogen and oxygen atoms in total. The van der Waals surface area contributed by atoms with E-state index < -0.39 is 0 Å². The molecule has 0 saturated carbocycles. The second kappa shape index (κ2) is 5.37. The van der Waals surface area contributed by atoms with Crippen LogP contribution in [0.25, 0.3) is 0 Å². The largest absolute Gasteiger partial charge is 0.381 e. The minimum atomic E-state index is 0.477. The Balaban J connectivity index is 1.80. The van der Waals surface area contributed by atoms with Gasteiger partial charge >= 0.3 is 0 Å². The predicted octanol–water partition coefficient (Wildman–Crippen LogP) is 1.30. The average Bonchev–Trinajstić information content (AvgIpc) is 2.81. The van der Waals surface area contributed by atoms with Crippen molar-refractivity contribution in [1.29, 1.82) is 0 Å². The van der Waals surface area contributed by atoms with Crippen molar-refractivity contribution in [3.8, 4) is 0 Å². The minimum absolute atomic E-state index is 0.477. The smallest absolute Gasteiger partial charge is 0.0724 e. The van der Waals surface area contributed by atoms with E-state index in [-0.39, 0.29) is 0 Å². The summed E-state index contributed by atoms with van der Waals surface area (Å²) in [5, 5.41) is 3.48. The standard InChI is InChI=1S/C12H19N3O/c1-9-5-15-12(6-13-9)7-14-10(2)11-3-4-16-8-11/h5-6,10-11,14H,3-4,7-8H2,1-2H3. The molecule has 1 N–H and O–H groups in total. The summed E-state index contributed by atoms with van der Waals surface area (Å²) in [5.74, 6) is 0.637. The van der Waals surface area contributed by atoms with Gasteiger partial charge in [0.25, 0.3) is 0 Å². The number of hydrogen-bond donors (Lipinski definition) is 1. The minimum Gasteiger partial charge on any atom is -0.381 e. The zero-order chi connectivity index (χ0) is 11.4. The first-order valence-electron chi connectivity index (χ1n) is 5.84. The van der Waals surface area contributed by atoms with Crippen molar-refractivity contribution >= 4 is 0 Å². The van der Waals surface area contributed by atoms with Gasteiger partial charge in [0.1, 0.15) is 0 Å². The zero-order valence-electron chi connectivity index (χ0n) is 9.94. The van der Waals surface area contributed by atoms with E-state index in [4.69, 9.17) is 4.74 Å². The van der Waals surface area contributed by atoms with Gasteiger partial charge in [0.15, 0.2) is 0 Å². The van der Waals surface area contributed by atoms with E-state index in [9.17, 15) is 0 Å². The molecule has 1 aliphatic rings. The molecule has 88 valence electrons. The van der Waals surface area contributed by atoms with Crippen LogP contribution in [-0.2, 0) is 11.3 Å². The molecule has 2 heterocycles.